The van der Waals surface area contributed by atoms with Crippen molar-refractivity contribution in [1.29, 1.82) is 0 Å². The molecule has 1 aliphatic rings. The fraction of sp³-hybridized carbons (Fsp3) is 0.125. The molecular formula is C24H20O3S. The fourth-order valence-corrected chi connectivity index (χ4v) is 4.35. The maximum absolute atomic E-state index is 12.9. The Morgan fingerprint density at radius 2 is 1.32 bits per heavy atom. The molecule has 0 atom stereocenters. The summed E-state index contributed by atoms with van der Waals surface area (Å²) in [6.45, 7) is 0. The zero-order valence-corrected chi connectivity index (χ0v) is 16.1. The van der Waals surface area contributed by atoms with Gasteiger partial charge >= 0.3 is 5.97 Å². The molecule has 3 aromatic rings. The number of carbonyl (C=O) groups is 1. The van der Waals surface area contributed by atoms with Gasteiger partial charge in [-0.3, -0.25) is 0 Å². The minimum atomic E-state index is -1.03. The Kier molecular flexibility index (Phi) is 5.22. The van der Waals surface area contributed by atoms with Gasteiger partial charge in [-0.25, -0.2) is 4.79 Å². The van der Waals surface area contributed by atoms with Gasteiger partial charge in [0, 0.05) is 16.9 Å². The average Bonchev–Trinajstić information content (AvgIpc) is 2.75. The van der Waals surface area contributed by atoms with Gasteiger partial charge in [-0.15, -0.1) is 11.8 Å². The Labute approximate surface area is 168 Å². The number of thioether (sulfide) groups is 1. The van der Waals surface area contributed by atoms with Crippen molar-refractivity contribution in [3.05, 3.63) is 118 Å². The highest BCUT2D eigenvalue weighted by Gasteiger charge is 2.45. The predicted molar refractivity (Wildman–Crippen MR) is 112 cm³/mol. The summed E-state index contributed by atoms with van der Waals surface area (Å²) in [5.41, 5.74) is 1.74. The summed E-state index contributed by atoms with van der Waals surface area (Å²) in [7, 11) is 0. The number of aliphatic hydroxyl groups is 1. The maximum Gasteiger partial charge on any atom is 0.349 e. The second-order valence-corrected chi connectivity index (χ2v) is 7.66. The monoisotopic (exact) mass is 388 g/mol. The van der Waals surface area contributed by atoms with Gasteiger partial charge in [0.05, 0.1) is 6.42 Å². The molecule has 0 bridgehead atoms. The molecule has 1 heterocycles. The summed E-state index contributed by atoms with van der Waals surface area (Å²) in [5, 5.41) is 10.8. The van der Waals surface area contributed by atoms with E-state index in [4.69, 9.17) is 4.74 Å². The van der Waals surface area contributed by atoms with E-state index in [2.05, 4.69) is 0 Å². The normalized spacial score (nSPS) is 15.9. The van der Waals surface area contributed by atoms with E-state index in [1.165, 1.54) is 11.8 Å². The first-order valence-electron chi connectivity index (χ1n) is 9.12. The number of rotatable bonds is 5. The lowest BCUT2D eigenvalue weighted by Gasteiger charge is -2.37. The standard InChI is InChI=1S/C24H20O3S/c25-21-16-24(19-12-6-2-7-13-19,20-14-8-3-9-15-20)27-23(26)22(21)28-17-18-10-4-1-5-11-18/h1-15,25H,16-17H2. The van der Waals surface area contributed by atoms with Crippen LogP contribution in [-0.4, -0.2) is 11.1 Å². The van der Waals surface area contributed by atoms with E-state index >= 15 is 0 Å². The van der Waals surface area contributed by atoms with E-state index in [9.17, 15) is 9.90 Å². The fourth-order valence-electron chi connectivity index (χ4n) is 3.45. The smallest absolute Gasteiger partial charge is 0.349 e. The third-order valence-corrected chi connectivity index (χ3v) is 6.01. The molecule has 1 aliphatic heterocycles. The van der Waals surface area contributed by atoms with E-state index in [0.29, 0.717) is 5.75 Å². The van der Waals surface area contributed by atoms with Gasteiger partial charge in [0.15, 0.2) is 5.60 Å². The number of hydrogen-bond donors (Lipinski definition) is 1. The third kappa shape index (κ3) is 3.56. The summed E-state index contributed by atoms with van der Waals surface area (Å²) < 4.78 is 6.04. The Balaban J connectivity index is 1.69. The lowest BCUT2D eigenvalue weighted by Crippen LogP contribution is -2.38. The van der Waals surface area contributed by atoms with Crippen LogP contribution in [0.25, 0.3) is 0 Å². The summed E-state index contributed by atoms with van der Waals surface area (Å²) in [6.07, 6.45) is 0.212. The molecule has 3 nitrogen and oxygen atoms in total. The molecule has 0 aromatic heterocycles. The number of ether oxygens (including phenoxy) is 1. The van der Waals surface area contributed by atoms with Crippen LogP contribution in [0.4, 0.5) is 0 Å². The van der Waals surface area contributed by atoms with Crippen molar-refractivity contribution >= 4 is 17.7 Å². The molecule has 0 saturated carbocycles. The van der Waals surface area contributed by atoms with Crippen LogP contribution < -0.4 is 0 Å². The molecule has 4 rings (SSSR count). The average molecular weight is 388 g/mol. The van der Waals surface area contributed by atoms with Crippen LogP contribution in [0.2, 0.25) is 0 Å². The highest BCUT2D eigenvalue weighted by molar-refractivity contribution is 8.03. The van der Waals surface area contributed by atoms with Crippen LogP contribution in [0.15, 0.2) is 102 Å². The zero-order chi connectivity index (χ0) is 19.4. The number of aliphatic hydroxyl groups excluding tert-OH is 1. The molecule has 3 aromatic carbocycles. The molecule has 1 N–H and O–H groups in total. The van der Waals surface area contributed by atoms with Crippen molar-refractivity contribution in [2.75, 3.05) is 0 Å². The molecule has 0 aliphatic carbocycles. The Morgan fingerprint density at radius 1 is 0.821 bits per heavy atom. The summed E-state index contributed by atoms with van der Waals surface area (Å²) in [4.78, 5) is 13.2. The molecule has 140 valence electrons. The topological polar surface area (TPSA) is 46.5 Å². The highest BCUT2D eigenvalue weighted by Crippen LogP contribution is 2.45. The van der Waals surface area contributed by atoms with Crippen LogP contribution in [-0.2, 0) is 20.9 Å². The summed E-state index contributed by atoms with van der Waals surface area (Å²) >= 11 is 1.31. The molecule has 28 heavy (non-hydrogen) atoms. The zero-order valence-electron chi connectivity index (χ0n) is 15.2. The van der Waals surface area contributed by atoms with Gasteiger partial charge < -0.3 is 9.84 Å². The minimum Gasteiger partial charge on any atom is -0.511 e. The molecule has 0 amide bonds. The SMILES string of the molecule is O=C1OC(c2ccccc2)(c2ccccc2)CC(O)=C1SCc1ccccc1. The molecule has 4 heteroatoms. The van der Waals surface area contributed by atoms with E-state index < -0.39 is 11.6 Å². The van der Waals surface area contributed by atoms with E-state index in [1.54, 1.807) is 0 Å². The van der Waals surface area contributed by atoms with Gasteiger partial charge in [0.25, 0.3) is 0 Å². The lowest BCUT2D eigenvalue weighted by atomic mass is 9.81. The van der Waals surface area contributed by atoms with Crippen LogP contribution in [0.3, 0.4) is 0 Å². The van der Waals surface area contributed by atoms with E-state index in [-0.39, 0.29) is 17.1 Å². The Morgan fingerprint density at radius 3 is 1.82 bits per heavy atom. The molecule has 0 radical (unpaired) electrons. The van der Waals surface area contributed by atoms with Gasteiger partial charge in [-0.2, -0.15) is 0 Å². The quantitative estimate of drug-likeness (QED) is 0.580. The predicted octanol–water partition coefficient (Wildman–Crippen LogP) is 5.58. The third-order valence-electron chi connectivity index (χ3n) is 4.84. The molecular weight excluding hydrogens is 368 g/mol. The number of cyclic esters (lactones) is 1. The minimum absolute atomic E-state index is 0.0740. The number of benzene rings is 3. The van der Waals surface area contributed by atoms with Gasteiger partial charge in [0.2, 0.25) is 0 Å². The van der Waals surface area contributed by atoms with Crippen molar-refractivity contribution < 1.29 is 14.6 Å². The number of hydrogen-bond acceptors (Lipinski definition) is 4. The van der Waals surface area contributed by atoms with Gasteiger partial charge in [0.1, 0.15) is 10.7 Å². The summed E-state index contributed by atoms with van der Waals surface area (Å²) in [5.74, 6) is 0.182. The number of carbonyl (C=O) groups excluding carboxylic acids is 1. The molecule has 0 spiro atoms. The second-order valence-electron chi connectivity index (χ2n) is 6.68. The first kappa shape index (κ1) is 18.4. The molecule has 0 fully saturated rings. The van der Waals surface area contributed by atoms with Crippen molar-refractivity contribution in [1.82, 2.24) is 0 Å². The van der Waals surface area contributed by atoms with Crippen LogP contribution >= 0.6 is 11.8 Å². The number of esters is 1. The largest absolute Gasteiger partial charge is 0.511 e. The highest BCUT2D eigenvalue weighted by atomic mass is 32.2. The molecule has 0 saturated heterocycles. The first-order valence-corrected chi connectivity index (χ1v) is 10.1. The summed E-state index contributed by atoms with van der Waals surface area (Å²) in [6, 6.07) is 29.1. The second kappa shape index (κ2) is 7.95. The van der Waals surface area contributed by atoms with Crippen LogP contribution in [0, 0.1) is 0 Å². The van der Waals surface area contributed by atoms with Gasteiger partial charge in [-0.05, 0) is 5.56 Å². The van der Waals surface area contributed by atoms with Crippen molar-refractivity contribution in [2.24, 2.45) is 0 Å². The van der Waals surface area contributed by atoms with E-state index in [0.717, 1.165) is 16.7 Å². The lowest BCUT2D eigenvalue weighted by molar-refractivity contribution is -0.154. The van der Waals surface area contributed by atoms with Crippen LogP contribution in [0.1, 0.15) is 23.1 Å². The van der Waals surface area contributed by atoms with Gasteiger partial charge in [-0.1, -0.05) is 91.0 Å². The van der Waals surface area contributed by atoms with Crippen molar-refractivity contribution in [3.8, 4) is 0 Å². The Hall–Kier alpha value is -2.98. The molecule has 0 unspecified atom stereocenters. The Bertz CT molecular complexity index is 943. The first-order chi connectivity index (χ1) is 13.7. The van der Waals surface area contributed by atoms with E-state index in [1.807, 2.05) is 91.0 Å². The van der Waals surface area contributed by atoms with Crippen molar-refractivity contribution in [3.63, 3.8) is 0 Å². The maximum atomic E-state index is 12.9. The van der Waals surface area contributed by atoms with Crippen LogP contribution in [0.5, 0.6) is 0 Å². The van der Waals surface area contributed by atoms with Crippen molar-refractivity contribution in [2.45, 2.75) is 17.8 Å².